The standard InChI is InChI=1S/C18H25N5O2/c1-14-5-2-3-6-16(14)25-12-4-9-19-18(24)23-10-7-15(8-11-23)17-20-13-21-22-17/h2-3,5-6,13,15H,4,7-12H2,1H3,(H,19,24)(H,20,21,22). The van der Waals surface area contributed by atoms with Crippen LogP contribution in [-0.2, 0) is 0 Å². The van der Waals surface area contributed by atoms with Crippen molar-refractivity contribution < 1.29 is 9.53 Å². The molecule has 0 unspecified atom stereocenters. The van der Waals surface area contributed by atoms with Gasteiger partial charge in [-0.3, -0.25) is 5.10 Å². The maximum atomic E-state index is 12.2. The third-order valence-corrected chi connectivity index (χ3v) is 4.55. The van der Waals surface area contributed by atoms with Crippen LogP contribution in [0.1, 0.15) is 36.6 Å². The highest BCUT2D eigenvalue weighted by Crippen LogP contribution is 2.24. The first-order valence-corrected chi connectivity index (χ1v) is 8.80. The van der Waals surface area contributed by atoms with Crippen molar-refractivity contribution in [3.05, 3.63) is 42.0 Å². The predicted octanol–water partition coefficient (Wildman–Crippen LogP) is 2.47. The number of benzene rings is 1. The Labute approximate surface area is 147 Å². The Hall–Kier alpha value is -2.57. The number of ether oxygens (including phenoxy) is 1. The lowest BCUT2D eigenvalue weighted by Crippen LogP contribution is -2.44. The Balaban J connectivity index is 1.31. The highest BCUT2D eigenvalue weighted by atomic mass is 16.5. The van der Waals surface area contributed by atoms with Gasteiger partial charge in [-0.05, 0) is 37.8 Å². The Morgan fingerprint density at radius 3 is 2.88 bits per heavy atom. The number of aromatic nitrogens is 3. The molecule has 0 spiro atoms. The number of hydrogen-bond acceptors (Lipinski definition) is 4. The van der Waals surface area contributed by atoms with Crippen LogP contribution in [0.4, 0.5) is 4.79 Å². The summed E-state index contributed by atoms with van der Waals surface area (Å²) in [5.41, 5.74) is 1.13. The maximum Gasteiger partial charge on any atom is 0.317 e. The molecule has 0 saturated carbocycles. The molecule has 0 bridgehead atoms. The molecule has 1 aromatic carbocycles. The topological polar surface area (TPSA) is 83.1 Å². The van der Waals surface area contributed by atoms with E-state index in [4.69, 9.17) is 4.74 Å². The summed E-state index contributed by atoms with van der Waals surface area (Å²) in [6.45, 7) is 4.73. The van der Waals surface area contributed by atoms with Gasteiger partial charge in [-0.25, -0.2) is 9.78 Å². The van der Waals surface area contributed by atoms with Gasteiger partial charge in [-0.2, -0.15) is 5.10 Å². The van der Waals surface area contributed by atoms with Crippen molar-refractivity contribution in [2.75, 3.05) is 26.2 Å². The number of amides is 2. The number of carbonyl (C=O) groups excluding carboxylic acids is 1. The van der Waals surface area contributed by atoms with E-state index in [0.717, 1.165) is 49.5 Å². The number of piperidine rings is 1. The zero-order valence-corrected chi connectivity index (χ0v) is 14.6. The van der Waals surface area contributed by atoms with E-state index in [0.29, 0.717) is 19.1 Å². The molecule has 0 radical (unpaired) electrons. The van der Waals surface area contributed by atoms with Gasteiger partial charge in [0.1, 0.15) is 17.9 Å². The number of aromatic amines is 1. The van der Waals surface area contributed by atoms with E-state index >= 15 is 0 Å². The number of aryl methyl sites for hydroxylation is 1. The van der Waals surface area contributed by atoms with Gasteiger partial charge in [0.2, 0.25) is 0 Å². The molecular formula is C18H25N5O2. The fourth-order valence-electron chi connectivity index (χ4n) is 3.05. The number of hydrogen-bond donors (Lipinski definition) is 2. The zero-order chi connectivity index (χ0) is 17.5. The van der Waals surface area contributed by atoms with Gasteiger partial charge in [0.05, 0.1) is 6.61 Å². The van der Waals surface area contributed by atoms with E-state index in [2.05, 4.69) is 20.5 Å². The van der Waals surface area contributed by atoms with E-state index in [-0.39, 0.29) is 6.03 Å². The van der Waals surface area contributed by atoms with Crippen molar-refractivity contribution in [2.45, 2.75) is 32.1 Å². The first-order valence-electron chi connectivity index (χ1n) is 8.80. The van der Waals surface area contributed by atoms with Crippen LogP contribution >= 0.6 is 0 Å². The van der Waals surface area contributed by atoms with Gasteiger partial charge in [0.25, 0.3) is 0 Å². The predicted molar refractivity (Wildman–Crippen MR) is 94.6 cm³/mol. The molecule has 2 heterocycles. The zero-order valence-electron chi connectivity index (χ0n) is 14.6. The summed E-state index contributed by atoms with van der Waals surface area (Å²) >= 11 is 0. The molecule has 7 heteroatoms. The molecule has 0 atom stereocenters. The number of nitrogens with one attached hydrogen (secondary N) is 2. The molecule has 1 aliphatic heterocycles. The second-order valence-electron chi connectivity index (χ2n) is 6.33. The van der Waals surface area contributed by atoms with Crippen LogP contribution in [0.25, 0.3) is 0 Å². The highest BCUT2D eigenvalue weighted by molar-refractivity contribution is 5.74. The average Bonchev–Trinajstić information content (AvgIpc) is 3.17. The molecule has 1 aliphatic rings. The molecule has 2 amide bonds. The Morgan fingerprint density at radius 2 is 2.16 bits per heavy atom. The average molecular weight is 343 g/mol. The number of rotatable bonds is 6. The molecule has 1 saturated heterocycles. The molecule has 3 rings (SSSR count). The molecule has 1 fully saturated rings. The van der Waals surface area contributed by atoms with Crippen molar-refractivity contribution in [1.82, 2.24) is 25.4 Å². The highest BCUT2D eigenvalue weighted by Gasteiger charge is 2.25. The van der Waals surface area contributed by atoms with Crippen LogP contribution in [0.2, 0.25) is 0 Å². The monoisotopic (exact) mass is 343 g/mol. The molecule has 25 heavy (non-hydrogen) atoms. The molecule has 7 nitrogen and oxygen atoms in total. The van der Waals surface area contributed by atoms with Crippen LogP contribution in [-0.4, -0.2) is 52.4 Å². The maximum absolute atomic E-state index is 12.2. The van der Waals surface area contributed by atoms with E-state index < -0.39 is 0 Å². The Kier molecular flexibility index (Phi) is 5.87. The summed E-state index contributed by atoms with van der Waals surface area (Å²) in [7, 11) is 0. The number of H-pyrrole nitrogens is 1. The van der Waals surface area contributed by atoms with Crippen LogP contribution in [0.15, 0.2) is 30.6 Å². The summed E-state index contributed by atoms with van der Waals surface area (Å²) in [5, 5.41) is 9.79. The second kappa shape index (κ2) is 8.50. The normalized spacial score (nSPS) is 15.2. The lowest BCUT2D eigenvalue weighted by Gasteiger charge is -2.31. The van der Waals surface area contributed by atoms with Crippen LogP contribution in [0.3, 0.4) is 0 Å². The van der Waals surface area contributed by atoms with Gasteiger partial charge >= 0.3 is 6.03 Å². The minimum atomic E-state index is 0.00640. The number of nitrogens with zero attached hydrogens (tertiary/aromatic N) is 3. The van der Waals surface area contributed by atoms with Crippen molar-refractivity contribution in [1.29, 1.82) is 0 Å². The second-order valence-corrected chi connectivity index (χ2v) is 6.33. The number of carbonyl (C=O) groups is 1. The SMILES string of the molecule is Cc1ccccc1OCCCNC(=O)N1CCC(c2ncn[nH]2)CC1. The molecular weight excluding hydrogens is 318 g/mol. The third kappa shape index (κ3) is 4.71. The Bertz CT molecular complexity index is 666. The molecule has 1 aromatic heterocycles. The van der Waals surface area contributed by atoms with E-state index in [1.54, 1.807) is 0 Å². The Morgan fingerprint density at radius 1 is 1.36 bits per heavy atom. The summed E-state index contributed by atoms with van der Waals surface area (Å²) in [6, 6.07) is 7.96. The van der Waals surface area contributed by atoms with Gasteiger partial charge in [0.15, 0.2) is 0 Å². The molecule has 0 aliphatic carbocycles. The van der Waals surface area contributed by atoms with E-state index in [9.17, 15) is 4.79 Å². The summed E-state index contributed by atoms with van der Waals surface area (Å²) < 4.78 is 5.74. The lowest BCUT2D eigenvalue weighted by atomic mass is 9.96. The number of para-hydroxylation sites is 1. The minimum Gasteiger partial charge on any atom is -0.493 e. The van der Waals surface area contributed by atoms with E-state index in [1.807, 2.05) is 36.1 Å². The van der Waals surface area contributed by atoms with Gasteiger partial charge in [-0.1, -0.05) is 18.2 Å². The largest absolute Gasteiger partial charge is 0.493 e. The van der Waals surface area contributed by atoms with Crippen molar-refractivity contribution in [3.8, 4) is 5.75 Å². The van der Waals surface area contributed by atoms with Crippen LogP contribution in [0.5, 0.6) is 5.75 Å². The van der Waals surface area contributed by atoms with Crippen molar-refractivity contribution >= 4 is 6.03 Å². The van der Waals surface area contributed by atoms with Gasteiger partial charge in [-0.15, -0.1) is 0 Å². The lowest BCUT2D eigenvalue weighted by molar-refractivity contribution is 0.179. The quantitative estimate of drug-likeness (QED) is 0.789. The minimum absolute atomic E-state index is 0.00640. The molecule has 2 aromatic rings. The number of urea groups is 1. The van der Waals surface area contributed by atoms with E-state index in [1.165, 1.54) is 6.33 Å². The van der Waals surface area contributed by atoms with Gasteiger partial charge in [0, 0.05) is 25.6 Å². The fourth-order valence-corrected chi connectivity index (χ4v) is 3.05. The van der Waals surface area contributed by atoms with Crippen molar-refractivity contribution in [2.24, 2.45) is 0 Å². The first-order chi connectivity index (χ1) is 12.2. The molecule has 134 valence electrons. The van der Waals surface area contributed by atoms with Crippen LogP contribution < -0.4 is 10.1 Å². The first kappa shape index (κ1) is 17.3. The van der Waals surface area contributed by atoms with Crippen LogP contribution in [0, 0.1) is 6.92 Å². The van der Waals surface area contributed by atoms with Crippen molar-refractivity contribution in [3.63, 3.8) is 0 Å². The summed E-state index contributed by atoms with van der Waals surface area (Å²) in [4.78, 5) is 18.3. The molecule has 2 N–H and O–H groups in total. The summed E-state index contributed by atoms with van der Waals surface area (Å²) in [5.74, 6) is 2.20. The smallest absolute Gasteiger partial charge is 0.317 e. The number of likely N-dealkylation sites (tertiary alicyclic amines) is 1. The van der Waals surface area contributed by atoms with Gasteiger partial charge < -0.3 is 15.0 Å². The fraction of sp³-hybridized carbons (Fsp3) is 0.500. The third-order valence-electron chi connectivity index (χ3n) is 4.55. The summed E-state index contributed by atoms with van der Waals surface area (Å²) in [6.07, 6.45) is 4.15.